The highest BCUT2D eigenvalue weighted by Crippen LogP contribution is 2.34. The van der Waals surface area contributed by atoms with Crippen LogP contribution in [0.25, 0.3) is 6.08 Å². The van der Waals surface area contributed by atoms with Crippen molar-refractivity contribution in [3.8, 4) is 17.6 Å². The summed E-state index contributed by atoms with van der Waals surface area (Å²) in [5.41, 5.74) is 1.13. The van der Waals surface area contributed by atoms with Gasteiger partial charge in [-0.15, -0.1) is 6.58 Å². The lowest BCUT2D eigenvalue weighted by atomic mass is 10.0. The molecule has 0 aliphatic carbocycles. The monoisotopic (exact) mass is 460 g/mol. The summed E-state index contributed by atoms with van der Waals surface area (Å²) in [5.74, 6) is -1.32. The van der Waals surface area contributed by atoms with E-state index in [2.05, 4.69) is 11.9 Å². The lowest BCUT2D eigenvalue weighted by Crippen LogP contribution is -2.14. The number of methoxy groups -OCH3 is 1. The predicted molar refractivity (Wildman–Crippen MR) is 119 cm³/mol. The zero-order valence-electron chi connectivity index (χ0n) is 16.4. The van der Waals surface area contributed by atoms with Gasteiger partial charge in [-0.3, -0.25) is 4.79 Å². The molecule has 0 saturated carbocycles. The van der Waals surface area contributed by atoms with Crippen molar-refractivity contribution in [2.45, 2.75) is 6.42 Å². The minimum Gasteiger partial charge on any atom is -0.493 e. The number of benzene rings is 2. The fourth-order valence-electron chi connectivity index (χ4n) is 2.63. The van der Waals surface area contributed by atoms with Gasteiger partial charge in [-0.1, -0.05) is 35.3 Å². The minimum absolute atomic E-state index is 0.157. The van der Waals surface area contributed by atoms with Crippen LogP contribution in [0.4, 0.5) is 5.69 Å². The number of nitrogens with zero attached hydrogens (tertiary/aromatic N) is 1. The Morgan fingerprint density at radius 1 is 1.32 bits per heavy atom. The number of nitrogens with one attached hydrogen (secondary N) is 1. The van der Waals surface area contributed by atoms with Crippen molar-refractivity contribution in [1.82, 2.24) is 0 Å². The molecule has 0 aliphatic rings. The number of nitriles is 1. The van der Waals surface area contributed by atoms with E-state index in [1.165, 1.54) is 19.3 Å². The van der Waals surface area contributed by atoms with Crippen molar-refractivity contribution in [3.05, 3.63) is 69.7 Å². The summed E-state index contributed by atoms with van der Waals surface area (Å²) in [6.07, 6.45) is 3.32. The van der Waals surface area contributed by atoms with Gasteiger partial charge < -0.3 is 19.9 Å². The molecule has 31 heavy (non-hydrogen) atoms. The number of carbonyl (C=O) groups is 2. The molecule has 0 fully saturated rings. The molecule has 0 unspecified atom stereocenters. The molecule has 9 heteroatoms. The topological polar surface area (TPSA) is 109 Å². The quantitative estimate of drug-likeness (QED) is 0.317. The number of carboxylic acids is 1. The van der Waals surface area contributed by atoms with Crippen molar-refractivity contribution in [3.63, 3.8) is 0 Å². The number of halogens is 2. The first-order valence-corrected chi connectivity index (χ1v) is 9.59. The molecule has 1 amide bonds. The maximum atomic E-state index is 12.6. The van der Waals surface area contributed by atoms with Crippen LogP contribution in [-0.2, 0) is 16.0 Å². The molecule has 160 valence electrons. The Kier molecular flexibility index (Phi) is 8.50. The molecule has 0 aromatic heterocycles. The number of ether oxygens (including phenoxy) is 2. The number of allylic oxidation sites excluding steroid dienone is 1. The molecule has 0 spiro atoms. The summed E-state index contributed by atoms with van der Waals surface area (Å²) in [6.45, 7) is 3.12. The zero-order chi connectivity index (χ0) is 23.0. The SMILES string of the molecule is C=CCc1cc(/C=C(/C#N)C(=O)Nc2cccc(Cl)c2Cl)cc(OC)c1OCC(=O)O. The maximum absolute atomic E-state index is 12.6. The second-order valence-electron chi connectivity index (χ2n) is 6.11. The maximum Gasteiger partial charge on any atom is 0.341 e. The van der Waals surface area contributed by atoms with Gasteiger partial charge in [0.15, 0.2) is 18.1 Å². The van der Waals surface area contributed by atoms with Gasteiger partial charge in [0, 0.05) is 5.56 Å². The van der Waals surface area contributed by atoms with Crippen LogP contribution in [0.3, 0.4) is 0 Å². The minimum atomic E-state index is -1.14. The second kappa shape index (κ2) is 11.1. The molecule has 0 radical (unpaired) electrons. The summed E-state index contributed by atoms with van der Waals surface area (Å²) >= 11 is 12.0. The lowest BCUT2D eigenvalue weighted by molar-refractivity contribution is -0.139. The van der Waals surface area contributed by atoms with Gasteiger partial charge in [-0.25, -0.2) is 4.79 Å². The van der Waals surface area contributed by atoms with E-state index in [1.807, 2.05) is 6.07 Å². The van der Waals surface area contributed by atoms with Gasteiger partial charge in [0.1, 0.15) is 11.6 Å². The van der Waals surface area contributed by atoms with Gasteiger partial charge in [0.05, 0.1) is 22.8 Å². The average Bonchev–Trinajstić information content (AvgIpc) is 2.74. The first kappa shape index (κ1) is 23.8. The first-order chi connectivity index (χ1) is 14.8. The standard InChI is InChI=1S/C22H18Cl2N2O5/c1-3-5-14-8-13(10-18(30-2)21(14)31-12-19(27)28)9-15(11-25)22(29)26-17-7-4-6-16(23)20(17)24/h3-4,6-10H,1,5,12H2,2H3,(H,26,29)(H,27,28)/b15-9-. The highest BCUT2D eigenvalue weighted by atomic mass is 35.5. The van der Waals surface area contributed by atoms with Gasteiger partial charge in [0.25, 0.3) is 5.91 Å². The summed E-state index contributed by atoms with van der Waals surface area (Å²) in [4.78, 5) is 23.4. The van der Waals surface area contributed by atoms with E-state index < -0.39 is 18.5 Å². The van der Waals surface area contributed by atoms with E-state index in [0.29, 0.717) is 17.5 Å². The summed E-state index contributed by atoms with van der Waals surface area (Å²) < 4.78 is 10.7. The molecule has 2 N–H and O–H groups in total. The molecule has 2 rings (SSSR count). The Morgan fingerprint density at radius 2 is 2.06 bits per heavy atom. The van der Waals surface area contributed by atoms with Crippen LogP contribution in [-0.4, -0.2) is 30.7 Å². The molecule has 0 saturated heterocycles. The first-order valence-electron chi connectivity index (χ1n) is 8.84. The van der Waals surface area contributed by atoms with Crippen LogP contribution < -0.4 is 14.8 Å². The molecule has 0 heterocycles. The number of amides is 1. The van der Waals surface area contributed by atoms with E-state index in [0.717, 1.165) is 0 Å². The molecule has 0 atom stereocenters. The predicted octanol–water partition coefficient (Wildman–Crippen LogP) is 4.74. The molecular formula is C22H18Cl2N2O5. The van der Waals surface area contributed by atoms with Crippen LogP contribution in [0.1, 0.15) is 11.1 Å². The number of carboxylic acid groups (broad SMARTS) is 1. The van der Waals surface area contributed by atoms with Crippen molar-refractivity contribution in [1.29, 1.82) is 5.26 Å². The van der Waals surface area contributed by atoms with E-state index >= 15 is 0 Å². The van der Waals surface area contributed by atoms with Gasteiger partial charge in [-0.2, -0.15) is 5.26 Å². The lowest BCUT2D eigenvalue weighted by Gasteiger charge is -2.15. The van der Waals surface area contributed by atoms with Crippen LogP contribution in [0.2, 0.25) is 10.0 Å². The fourth-order valence-corrected chi connectivity index (χ4v) is 2.98. The molecular weight excluding hydrogens is 443 g/mol. The normalized spacial score (nSPS) is 10.7. The van der Waals surface area contributed by atoms with E-state index in [1.54, 1.807) is 30.3 Å². The van der Waals surface area contributed by atoms with Gasteiger partial charge >= 0.3 is 5.97 Å². The van der Waals surface area contributed by atoms with Crippen molar-refractivity contribution in [2.24, 2.45) is 0 Å². The van der Waals surface area contributed by atoms with Gasteiger partial charge in [0.2, 0.25) is 0 Å². The molecule has 0 bridgehead atoms. The summed E-state index contributed by atoms with van der Waals surface area (Å²) in [5, 5.41) is 21.3. The van der Waals surface area contributed by atoms with E-state index in [4.69, 9.17) is 37.8 Å². The number of carbonyl (C=O) groups excluding carboxylic acids is 1. The molecule has 7 nitrogen and oxygen atoms in total. The van der Waals surface area contributed by atoms with Crippen molar-refractivity contribution >= 4 is 46.8 Å². The highest BCUT2D eigenvalue weighted by molar-refractivity contribution is 6.44. The third kappa shape index (κ3) is 6.25. The van der Waals surface area contributed by atoms with E-state index in [9.17, 15) is 14.9 Å². The summed E-state index contributed by atoms with van der Waals surface area (Å²) in [6, 6.07) is 9.77. The van der Waals surface area contributed by atoms with Crippen molar-refractivity contribution < 1.29 is 24.2 Å². The fraction of sp³-hybridized carbons (Fsp3) is 0.136. The number of rotatable bonds is 9. The number of anilines is 1. The van der Waals surface area contributed by atoms with Crippen LogP contribution in [0, 0.1) is 11.3 Å². The smallest absolute Gasteiger partial charge is 0.341 e. The number of hydrogen-bond acceptors (Lipinski definition) is 5. The Hall–Kier alpha value is -3.47. The Labute approximate surface area is 189 Å². The molecule has 0 aliphatic heterocycles. The highest BCUT2D eigenvalue weighted by Gasteiger charge is 2.16. The third-order valence-electron chi connectivity index (χ3n) is 3.95. The Bertz CT molecular complexity index is 1090. The Morgan fingerprint density at radius 3 is 2.68 bits per heavy atom. The molecule has 2 aromatic carbocycles. The summed E-state index contributed by atoms with van der Waals surface area (Å²) in [7, 11) is 1.40. The van der Waals surface area contributed by atoms with Crippen LogP contribution >= 0.6 is 23.2 Å². The number of hydrogen-bond donors (Lipinski definition) is 2. The number of aliphatic carboxylic acids is 1. The van der Waals surface area contributed by atoms with Crippen LogP contribution in [0.15, 0.2) is 48.6 Å². The largest absolute Gasteiger partial charge is 0.493 e. The Balaban J connectivity index is 2.42. The van der Waals surface area contributed by atoms with E-state index in [-0.39, 0.29) is 32.8 Å². The van der Waals surface area contributed by atoms with Crippen LogP contribution in [0.5, 0.6) is 11.5 Å². The van der Waals surface area contributed by atoms with Gasteiger partial charge in [-0.05, 0) is 42.3 Å². The van der Waals surface area contributed by atoms with Crippen molar-refractivity contribution in [2.75, 3.05) is 19.0 Å². The molecule has 2 aromatic rings. The second-order valence-corrected chi connectivity index (χ2v) is 6.90. The average molecular weight is 461 g/mol. The third-order valence-corrected chi connectivity index (χ3v) is 4.77. The zero-order valence-corrected chi connectivity index (χ0v) is 18.0.